The highest BCUT2D eigenvalue weighted by Gasteiger charge is 2.67. The van der Waals surface area contributed by atoms with Crippen molar-refractivity contribution < 1.29 is 31.1 Å². The van der Waals surface area contributed by atoms with Crippen LogP contribution in [0.1, 0.15) is 24.5 Å². The van der Waals surface area contributed by atoms with Crippen molar-refractivity contribution in [2.45, 2.75) is 30.0 Å². The quantitative estimate of drug-likeness (QED) is 0.552. The molecule has 1 aliphatic carbocycles. The Morgan fingerprint density at radius 3 is 1.74 bits per heavy atom. The van der Waals surface area contributed by atoms with Crippen molar-refractivity contribution in [2.75, 3.05) is 5.32 Å². The third-order valence-electron chi connectivity index (χ3n) is 3.60. The van der Waals surface area contributed by atoms with Crippen LogP contribution in [0.3, 0.4) is 0 Å². The molecular formula is C13H9Cl2F6NO. The molecule has 0 radical (unpaired) electrons. The molecule has 10 heteroatoms. The number of halogens is 8. The Balaban J connectivity index is 2.37. The maximum Gasteiger partial charge on any atom is 0.416 e. The maximum absolute atomic E-state index is 12.7. The second kappa shape index (κ2) is 5.17. The van der Waals surface area contributed by atoms with Crippen molar-refractivity contribution in [1.29, 1.82) is 0 Å². The number of amides is 1. The van der Waals surface area contributed by atoms with Gasteiger partial charge in [0, 0.05) is 5.69 Å². The summed E-state index contributed by atoms with van der Waals surface area (Å²) in [7, 11) is 0. The molecule has 0 unspecified atom stereocenters. The predicted octanol–water partition coefficient (Wildman–Crippen LogP) is 5.25. The first-order chi connectivity index (χ1) is 10.2. The zero-order valence-electron chi connectivity index (χ0n) is 11.4. The standard InChI is InChI=1S/C13H9Cl2F6NO/c1-10(5-11(10,14)15)9(23)22-8-3-6(12(16,17)18)2-7(4-8)13(19,20)21/h2-4H,5H2,1H3,(H,22,23)/t10-/m0/s1. The molecule has 23 heavy (non-hydrogen) atoms. The highest BCUT2D eigenvalue weighted by molar-refractivity contribution is 6.53. The molecule has 1 aliphatic rings. The van der Waals surface area contributed by atoms with Gasteiger partial charge in [-0.05, 0) is 31.5 Å². The number of carbonyl (C=O) groups is 1. The Labute approximate surface area is 136 Å². The fourth-order valence-electron chi connectivity index (χ4n) is 1.94. The Morgan fingerprint density at radius 2 is 1.43 bits per heavy atom. The van der Waals surface area contributed by atoms with Crippen molar-refractivity contribution in [3.8, 4) is 0 Å². The topological polar surface area (TPSA) is 29.1 Å². The summed E-state index contributed by atoms with van der Waals surface area (Å²) in [4.78, 5) is 12.0. The van der Waals surface area contributed by atoms with E-state index in [4.69, 9.17) is 23.2 Å². The van der Waals surface area contributed by atoms with E-state index in [-0.39, 0.29) is 12.5 Å². The summed E-state index contributed by atoms with van der Waals surface area (Å²) in [6.07, 6.45) is -9.94. The molecule has 1 atom stereocenters. The average molecular weight is 380 g/mol. The van der Waals surface area contributed by atoms with Crippen LogP contribution in [0.4, 0.5) is 32.0 Å². The molecule has 1 saturated carbocycles. The minimum absolute atomic E-state index is 0.0259. The van der Waals surface area contributed by atoms with Gasteiger partial charge >= 0.3 is 12.4 Å². The fourth-order valence-corrected chi connectivity index (χ4v) is 2.65. The highest BCUT2D eigenvalue weighted by atomic mass is 35.5. The molecule has 2 nitrogen and oxygen atoms in total. The van der Waals surface area contributed by atoms with Gasteiger partial charge in [-0.2, -0.15) is 26.3 Å². The molecule has 0 aliphatic heterocycles. The molecule has 128 valence electrons. The number of alkyl halides is 8. The number of hydrogen-bond donors (Lipinski definition) is 1. The lowest BCUT2D eigenvalue weighted by Crippen LogP contribution is -2.26. The Kier molecular flexibility index (Phi) is 4.09. The van der Waals surface area contributed by atoms with Crippen LogP contribution in [0, 0.1) is 5.41 Å². The summed E-state index contributed by atoms with van der Waals surface area (Å²) < 4.78 is 74.9. The van der Waals surface area contributed by atoms with Crippen molar-refractivity contribution in [3.05, 3.63) is 29.3 Å². The number of rotatable bonds is 2. The predicted molar refractivity (Wildman–Crippen MR) is 72.2 cm³/mol. The SMILES string of the molecule is C[C@@]1(C(=O)Nc2cc(C(F)(F)F)cc(C(F)(F)F)c2)CC1(Cl)Cl. The summed E-state index contributed by atoms with van der Waals surface area (Å²) in [5, 5.41) is 2.02. The molecule has 1 aromatic rings. The number of benzene rings is 1. The number of anilines is 1. The van der Waals surface area contributed by atoms with Crippen LogP contribution in [0.25, 0.3) is 0 Å². The molecule has 1 amide bonds. The second-order valence-electron chi connectivity index (χ2n) is 5.46. The van der Waals surface area contributed by atoms with Crippen LogP contribution < -0.4 is 5.32 Å². The summed E-state index contributed by atoms with van der Waals surface area (Å²) in [6.45, 7) is 1.36. The lowest BCUT2D eigenvalue weighted by Gasteiger charge is -2.17. The first kappa shape index (κ1) is 18.2. The highest BCUT2D eigenvalue weighted by Crippen LogP contribution is 2.64. The van der Waals surface area contributed by atoms with E-state index in [0.29, 0.717) is 12.1 Å². The van der Waals surface area contributed by atoms with Crippen molar-refractivity contribution in [2.24, 2.45) is 5.41 Å². The zero-order chi connectivity index (χ0) is 17.8. The van der Waals surface area contributed by atoms with Crippen molar-refractivity contribution in [1.82, 2.24) is 0 Å². The van der Waals surface area contributed by atoms with E-state index < -0.39 is 44.8 Å². The van der Waals surface area contributed by atoms with Gasteiger partial charge in [-0.1, -0.05) is 0 Å². The second-order valence-corrected chi connectivity index (χ2v) is 6.95. The number of carbonyl (C=O) groups excluding carboxylic acids is 1. The lowest BCUT2D eigenvalue weighted by atomic mass is 10.1. The van der Waals surface area contributed by atoms with E-state index in [1.165, 1.54) is 6.92 Å². The van der Waals surface area contributed by atoms with Gasteiger partial charge < -0.3 is 5.32 Å². The molecule has 0 spiro atoms. The van der Waals surface area contributed by atoms with Crippen LogP contribution in [-0.2, 0) is 17.1 Å². The lowest BCUT2D eigenvalue weighted by molar-refractivity contribution is -0.143. The van der Waals surface area contributed by atoms with Gasteiger partial charge in [-0.15, -0.1) is 23.2 Å². The minimum Gasteiger partial charge on any atom is -0.325 e. The number of nitrogens with one attached hydrogen (secondary N) is 1. The average Bonchev–Trinajstić information content (AvgIpc) is 2.87. The Hall–Kier alpha value is -1.15. The van der Waals surface area contributed by atoms with Crippen molar-refractivity contribution >= 4 is 34.8 Å². The third-order valence-corrected chi connectivity index (χ3v) is 4.71. The molecule has 0 heterocycles. The van der Waals surface area contributed by atoms with Gasteiger partial charge in [0.05, 0.1) is 16.5 Å². The normalized spacial score (nSPS) is 23.5. The summed E-state index contributed by atoms with van der Waals surface area (Å²) >= 11 is 11.5. The largest absolute Gasteiger partial charge is 0.416 e. The molecule has 2 rings (SSSR count). The first-order valence-corrected chi connectivity index (χ1v) is 6.91. The van der Waals surface area contributed by atoms with Gasteiger partial charge in [0.15, 0.2) is 0 Å². The molecule has 1 fully saturated rings. The third kappa shape index (κ3) is 3.52. The zero-order valence-corrected chi connectivity index (χ0v) is 12.9. The summed E-state index contributed by atoms with van der Waals surface area (Å²) in [5.74, 6) is -0.852. The van der Waals surface area contributed by atoms with E-state index in [1.54, 1.807) is 0 Å². The van der Waals surface area contributed by atoms with Crippen LogP contribution in [-0.4, -0.2) is 10.2 Å². The Bertz CT molecular complexity index is 623. The van der Waals surface area contributed by atoms with E-state index in [0.717, 1.165) is 0 Å². The molecule has 0 saturated heterocycles. The van der Waals surface area contributed by atoms with Crippen LogP contribution in [0.15, 0.2) is 18.2 Å². The van der Waals surface area contributed by atoms with Gasteiger partial charge in [0.2, 0.25) is 5.91 Å². The molecule has 0 bridgehead atoms. The van der Waals surface area contributed by atoms with Gasteiger partial charge in [0.1, 0.15) is 4.33 Å². The van der Waals surface area contributed by atoms with Crippen molar-refractivity contribution in [3.63, 3.8) is 0 Å². The van der Waals surface area contributed by atoms with E-state index >= 15 is 0 Å². The van der Waals surface area contributed by atoms with E-state index in [2.05, 4.69) is 0 Å². The van der Waals surface area contributed by atoms with E-state index in [9.17, 15) is 31.1 Å². The van der Waals surface area contributed by atoms with Crippen LogP contribution in [0.5, 0.6) is 0 Å². The molecular weight excluding hydrogens is 371 g/mol. The van der Waals surface area contributed by atoms with Gasteiger partial charge in [0.25, 0.3) is 0 Å². The molecule has 1 aromatic carbocycles. The fraction of sp³-hybridized carbons (Fsp3) is 0.462. The maximum atomic E-state index is 12.7. The van der Waals surface area contributed by atoms with Gasteiger partial charge in [-0.3, -0.25) is 4.79 Å². The first-order valence-electron chi connectivity index (χ1n) is 6.16. The monoisotopic (exact) mass is 379 g/mol. The smallest absolute Gasteiger partial charge is 0.325 e. The van der Waals surface area contributed by atoms with Crippen LogP contribution >= 0.6 is 23.2 Å². The van der Waals surface area contributed by atoms with E-state index in [1.807, 2.05) is 5.32 Å². The summed E-state index contributed by atoms with van der Waals surface area (Å²) in [5.41, 5.74) is -4.95. The number of hydrogen-bond acceptors (Lipinski definition) is 1. The minimum atomic E-state index is -4.99. The molecule has 1 N–H and O–H groups in total. The molecule has 0 aromatic heterocycles. The summed E-state index contributed by atoms with van der Waals surface area (Å²) in [6, 6.07) is 0.813. The Morgan fingerprint density at radius 1 is 1.04 bits per heavy atom. The van der Waals surface area contributed by atoms with Crippen LogP contribution in [0.2, 0.25) is 0 Å². The van der Waals surface area contributed by atoms with Gasteiger partial charge in [-0.25, -0.2) is 0 Å².